The molecule has 1 aromatic heterocycles. The van der Waals surface area contributed by atoms with Gasteiger partial charge in [-0.2, -0.15) is 0 Å². The molecule has 0 saturated heterocycles. The molecule has 0 radical (unpaired) electrons. The fraction of sp³-hybridized carbons (Fsp3) is 0.556. The molecule has 0 amide bonds. The largest absolute Gasteiger partial charge is 0.380 e. The fourth-order valence-corrected chi connectivity index (χ4v) is 0.922. The molecule has 14 heavy (non-hydrogen) atoms. The number of nitrogens with zero attached hydrogens (tertiary/aromatic N) is 2. The fourth-order valence-electron chi connectivity index (χ4n) is 0.922. The molecule has 5 heteroatoms. The van der Waals surface area contributed by atoms with Crippen LogP contribution >= 0.6 is 0 Å². The number of rotatable bonds is 5. The van der Waals surface area contributed by atoms with Crippen molar-refractivity contribution in [3.63, 3.8) is 0 Å². The standard InChI is InChI=1S/C9H16N4O/c1-7(14-3)5-11-9-4-8(10-2)12-6-13-9/h4,6-7H,5H2,1-3H3,(H2,10,11,12,13). The summed E-state index contributed by atoms with van der Waals surface area (Å²) >= 11 is 0. The lowest BCUT2D eigenvalue weighted by Gasteiger charge is -2.11. The Kier molecular flexibility index (Phi) is 4.12. The molecule has 78 valence electrons. The maximum Gasteiger partial charge on any atom is 0.131 e. The highest BCUT2D eigenvalue weighted by Gasteiger charge is 2.00. The summed E-state index contributed by atoms with van der Waals surface area (Å²) in [6.45, 7) is 2.73. The van der Waals surface area contributed by atoms with E-state index in [0.29, 0.717) is 0 Å². The molecule has 5 nitrogen and oxygen atoms in total. The predicted octanol–water partition coefficient (Wildman–Crippen LogP) is 0.965. The van der Waals surface area contributed by atoms with Gasteiger partial charge in [-0.15, -0.1) is 0 Å². The highest BCUT2D eigenvalue weighted by Crippen LogP contribution is 2.07. The Labute approximate surface area is 83.9 Å². The summed E-state index contributed by atoms with van der Waals surface area (Å²) in [7, 11) is 3.51. The van der Waals surface area contributed by atoms with E-state index >= 15 is 0 Å². The smallest absolute Gasteiger partial charge is 0.131 e. The van der Waals surface area contributed by atoms with Gasteiger partial charge >= 0.3 is 0 Å². The molecule has 0 bridgehead atoms. The van der Waals surface area contributed by atoms with Gasteiger partial charge in [-0.05, 0) is 6.92 Å². The zero-order valence-electron chi connectivity index (χ0n) is 8.74. The summed E-state index contributed by atoms with van der Waals surface area (Å²) in [6.07, 6.45) is 1.69. The zero-order chi connectivity index (χ0) is 10.4. The third-order valence-corrected chi connectivity index (χ3v) is 1.90. The second kappa shape index (κ2) is 5.39. The van der Waals surface area contributed by atoms with Crippen LogP contribution in [0.4, 0.5) is 11.6 Å². The molecule has 1 unspecified atom stereocenters. The first-order valence-electron chi connectivity index (χ1n) is 4.52. The van der Waals surface area contributed by atoms with Gasteiger partial charge in [0.25, 0.3) is 0 Å². The van der Waals surface area contributed by atoms with Crippen molar-refractivity contribution < 1.29 is 4.74 Å². The van der Waals surface area contributed by atoms with Crippen molar-refractivity contribution >= 4 is 11.6 Å². The molecule has 1 atom stereocenters. The minimum Gasteiger partial charge on any atom is -0.380 e. The minimum atomic E-state index is 0.169. The minimum absolute atomic E-state index is 0.169. The number of anilines is 2. The average molecular weight is 196 g/mol. The van der Waals surface area contributed by atoms with Crippen molar-refractivity contribution in [2.45, 2.75) is 13.0 Å². The van der Waals surface area contributed by atoms with E-state index in [2.05, 4.69) is 20.6 Å². The lowest BCUT2D eigenvalue weighted by molar-refractivity contribution is 0.128. The summed E-state index contributed by atoms with van der Waals surface area (Å²) in [6, 6.07) is 1.85. The topological polar surface area (TPSA) is 59.1 Å². The van der Waals surface area contributed by atoms with E-state index in [0.717, 1.165) is 18.2 Å². The van der Waals surface area contributed by atoms with E-state index in [1.54, 1.807) is 7.11 Å². The van der Waals surface area contributed by atoms with Crippen LogP contribution in [0.1, 0.15) is 6.92 Å². The lowest BCUT2D eigenvalue weighted by atomic mass is 10.4. The van der Waals surface area contributed by atoms with Crippen LogP contribution in [-0.2, 0) is 4.74 Å². The first-order chi connectivity index (χ1) is 6.76. The second-order valence-electron chi connectivity index (χ2n) is 2.97. The number of methoxy groups -OCH3 is 1. The van der Waals surface area contributed by atoms with Gasteiger partial charge in [0.15, 0.2) is 0 Å². The van der Waals surface area contributed by atoms with Crippen molar-refractivity contribution in [2.24, 2.45) is 0 Å². The number of aromatic nitrogens is 2. The van der Waals surface area contributed by atoms with Crippen molar-refractivity contribution in [1.29, 1.82) is 0 Å². The van der Waals surface area contributed by atoms with Gasteiger partial charge in [0, 0.05) is 26.8 Å². The van der Waals surface area contributed by atoms with Crippen LogP contribution in [0.3, 0.4) is 0 Å². The molecule has 1 rings (SSSR count). The summed E-state index contributed by atoms with van der Waals surface area (Å²) in [4.78, 5) is 8.09. The summed E-state index contributed by atoms with van der Waals surface area (Å²) in [5, 5.41) is 6.10. The Hall–Kier alpha value is -1.36. The van der Waals surface area contributed by atoms with Crippen LogP contribution in [-0.4, -0.2) is 36.8 Å². The van der Waals surface area contributed by atoms with Crippen molar-refractivity contribution in [2.75, 3.05) is 31.3 Å². The number of hydrogen-bond donors (Lipinski definition) is 2. The van der Waals surface area contributed by atoms with Gasteiger partial charge in [0.1, 0.15) is 18.0 Å². The SMILES string of the molecule is CNc1cc(NCC(C)OC)ncn1. The quantitative estimate of drug-likeness (QED) is 0.734. The van der Waals surface area contributed by atoms with E-state index < -0.39 is 0 Å². The van der Waals surface area contributed by atoms with Crippen LogP contribution in [0.15, 0.2) is 12.4 Å². The van der Waals surface area contributed by atoms with E-state index in [1.165, 1.54) is 6.33 Å². The maximum absolute atomic E-state index is 5.11. The molecule has 0 aromatic carbocycles. The van der Waals surface area contributed by atoms with Crippen LogP contribution < -0.4 is 10.6 Å². The first kappa shape index (κ1) is 10.7. The van der Waals surface area contributed by atoms with E-state index in [9.17, 15) is 0 Å². The number of ether oxygens (including phenoxy) is 1. The number of nitrogens with one attached hydrogen (secondary N) is 2. The normalized spacial score (nSPS) is 12.2. The average Bonchev–Trinajstić information content (AvgIpc) is 2.26. The van der Waals surface area contributed by atoms with Crippen molar-refractivity contribution in [3.05, 3.63) is 12.4 Å². The molecule has 0 saturated carbocycles. The molecular weight excluding hydrogens is 180 g/mol. The monoisotopic (exact) mass is 196 g/mol. The highest BCUT2D eigenvalue weighted by atomic mass is 16.5. The maximum atomic E-state index is 5.11. The molecular formula is C9H16N4O. The van der Waals surface area contributed by atoms with Gasteiger partial charge in [-0.25, -0.2) is 9.97 Å². The Morgan fingerprint density at radius 3 is 2.79 bits per heavy atom. The molecule has 1 aromatic rings. The zero-order valence-corrected chi connectivity index (χ0v) is 8.74. The summed E-state index contributed by atoms with van der Waals surface area (Å²) in [5.41, 5.74) is 0. The van der Waals surface area contributed by atoms with E-state index in [-0.39, 0.29) is 6.10 Å². The predicted molar refractivity (Wildman–Crippen MR) is 56.5 cm³/mol. The van der Waals surface area contributed by atoms with E-state index in [4.69, 9.17) is 4.74 Å². The molecule has 1 heterocycles. The van der Waals surface area contributed by atoms with Crippen LogP contribution in [0, 0.1) is 0 Å². The Morgan fingerprint density at radius 2 is 2.14 bits per heavy atom. The molecule has 0 aliphatic carbocycles. The van der Waals surface area contributed by atoms with Gasteiger partial charge in [-0.1, -0.05) is 0 Å². The Bertz CT molecular complexity index is 279. The van der Waals surface area contributed by atoms with Crippen molar-refractivity contribution in [3.8, 4) is 0 Å². The third-order valence-electron chi connectivity index (χ3n) is 1.90. The molecule has 0 spiro atoms. The van der Waals surface area contributed by atoms with Crippen LogP contribution in [0.25, 0.3) is 0 Å². The molecule has 0 fully saturated rings. The van der Waals surface area contributed by atoms with Gasteiger partial charge < -0.3 is 15.4 Å². The highest BCUT2D eigenvalue weighted by molar-refractivity contribution is 5.45. The third kappa shape index (κ3) is 3.18. The van der Waals surface area contributed by atoms with Crippen molar-refractivity contribution in [1.82, 2.24) is 9.97 Å². The van der Waals surface area contributed by atoms with Crippen LogP contribution in [0.2, 0.25) is 0 Å². The summed E-state index contributed by atoms with van der Waals surface area (Å²) < 4.78 is 5.11. The lowest BCUT2D eigenvalue weighted by Crippen LogP contribution is -2.18. The molecule has 0 aliphatic rings. The number of hydrogen-bond acceptors (Lipinski definition) is 5. The van der Waals surface area contributed by atoms with Gasteiger partial charge in [0.2, 0.25) is 0 Å². The first-order valence-corrected chi connectivity index (χ1v) is 4.52. The van der Waals surface area contributed by atoms with Crippen LogP contribution in [0.5, 0.6) is 0 Å². The Balaban J connectivity index is 2.50. The van der Waals surface area contributed by atoms with E-state index in [1.807, 2.05) is 20.0 Å². The van der Waals surface area contributed by atoms with Gasteiger partial charge in [-0.3, -0.25) is 0 Å². The molecule has 0 aliphatic heterocycles. The molecule has 2 N–H and O–H groups in total. The summed E-state index contributed by atoms with van der Waals surface area (Å²) in [5.74, 6) is 1.60. The van der Waals surface area contributed by atoms with Gasteiger partial charge in [0.05, 0.1) is 6.10 Å². The Morgan fingerprint density at radius 1 is 1.43 bits per heavy atom. The second-order valence-corrected chi connectivity index (χ2v) is 2.97.